The summed E-state index contributed by atoms with van der Waals surface area (Å²) >= 11 is 10.5. The van der Waals surface area contributed by atoms with Crippen molar-refractivity contribution in [3.63, 3.8) is 0 Å². The number of thiazole rings is 1. The van der Waals surface area contributed by atoms with E-state index < -0.39 is 0 Å². The number of rotatable bonds is 3. The van der Waals surface area contributed by atoms with Gasteiger partial charge in [0.15, 0.2) is 3.92 Å². The van der Waals surface area contributed by atoms with Crippen LogP contribution >= 0.6 is 38.9 Å². The summed E-state index contributed by atoms with van der Waals surface area (Å²) in [6.07, 6.45) is 0. The van der Waals surface area contributed by atoms with Crippen LogP contribution in [0.25, 0.3) is 11.3 Å². The zero-order chi connectivity index (χ0) is 13.1. The SMILES string of the molecule is CCOC(=O)c1sc(Br)nc1-c1cccc(Cl)c1. The van der Waals surface area contributed by atoms with E-state index in [-0.39, 0.29) is 5.97 Å². The van der Waals surface area contributed by atoms with Gasteiger partial charge in [0, 0.05) is 10.6 Å². The summed E-state index contributed by atoms with van der Waals surface area (Å²) in [4.78, 5) is 16.6. The van der Waals surface area contributed by atoms with Crippen LogP contribution in [-0.4, -0.2) is 17.6 Å². The second kappa shape index (κ2) is 5.82. The summed E-state index contributed by atoms with van der Waals surface area (Å²) in [5, 5.41) is 0.603. The molecule has 1 heterocycles. The normalized spacial score (nSPS) is 10.4. The Morgan fingerprint density at radius 2 is 2.33 bits per heavy atom. The fourth-order valence-corrected chi connectivity index (χ4v) is 3.02. The lowest BCUT2D eigenvalue weighted by Gasteiger charge is -2.02. The minimum atomic E-state index is -0.365. The van der Waals surface area contributed by atoms with Crippen molar-refractivity contribution < 1.29 is 9.53 Å². The van der Waals surface area contributed by atoms with Crippen molar-refractivity contribution >= 4 is 44.8 Å². The van der Waals surface area contributed by atoms with Crippen LogP contribution in [0.1, 0.15) is 16.6 Å². The summed E-state index contributed by atoms with van der Waals surface area (Å²) < 4.78 is 5.65. The lowest BCUT2D eigenvalue weighted by Crippen LogP contribution is -2.03. The Bertz CT molecular complexity index is 585. The van der Waals surface area contributed by atoms with E-state index in [9.17, 15) is 4.79 Å². The van der Waals surface area contributed by atoms with E-state index in [0.29, 0.717) is 26.1 Å². The van der Waals surface area contributed by atoms with E-state index in [2.05, 4.69) is 20.9 Å². The zero-order valence-corrected chi connectivity index (χ0v) is 12.6. The number of halogens is 2. The van der Waals surface area contributed by atoms with Gasteiger partial charge < -0.3 is 4.74 Å². The van der Waals surface area contributed by atoms with Crippen molar-refractivity contribution in [1.82, 2.24) is 4.98 Å². The van der Waals surface area contributed by atoms with Crippen LogP contribution in [-0.2, 0) is 4.74 Å². The Morgan fingerprint density at radius 3 is 3.00 bits per heavy atom. The van der Waals surface area contributed by atoms with E-state index in [1.807, 2.05) is 12.1 Å². The van der Waals surface area contributed by atoms with Crippen LogP contribution in [0.2, 0.25) is 5.02 Å². The molecule has 0 bridgehead atoms. The molecule has 1 aromatic carbocycles. The molecule has 0 unspecified atom stereocenters. The van der Waals surface area contributed by atoms with Gasteiger partial charge in [-0.25, -0.2) is 9.78 Å². The molecular weight excluding hydrogens is 338 g/mol. The average Bonchev–Trinajstić information content (AvgIpc) is 2.72. The molecule has 94 valence electrons. The highest BCUT2D eigenvalue weighted by atomic mass is 79.9. The standard InChI is InChI=1S/C12H9BrClNO2S/c1-2-17-11(16)10-9(15-12(13)18-10)7-4-3-5-8(14)6-7/h3-6H,2H2,1H3. The van der Waals surface area contributed by atoms with Crippen molar-refractivity contribution in [1.29, 1.82) is 0 Å². The summed E-state index contributed by atoms with van der Waals surface area (Å²) in [7, 11) is 0. The van der Waals surface area contributed by atoms with Gasteiger partial charge in [-0.2, -0.15) is 0 Å². The first-order chi connectivity index (χ1) is 8.61. The first-order valence-corrected chi connectivity index (χ1v) is 7.20. The third kappa shape index (κ3) is 2.91. The van der Waals surface area contributed by atoms with Crippen LogP contribution in [0, 0.1) is 0 Å². The first kappa shape index (κ1) is 13.5. The molecule has 3 nitrogen and oxygen atoms in total. The van der Waals surface area contributed by atoms with Crippen molar-refractivity contribution in [2.24, 2.45) is 0 Å². The van der Waals surface area contributed by atoms with Gasteiger partial charge in [-0.1, -0.05) is 35.1 Å². The van der Waals surface area contributed by atoms with Crippen LogP contribution in [0.3, 0.4) is 0 Å². The number of carbonyl (C=O) groups excluding carboxylic acids is 1. The van der Waals surface area contributed by atoms with Gasteiger partial charge in [-0.3, -0.25) is 0 Å². The average molecular weight is 347 g/mol. The smallest absolute Gasteiger partial charge is 0.350 e. The molecule has 18 heavy (non-hydrogen) atoms. The van der Waals surface area contributed by atoms with Crippen molar-refractivity contribution in [3.8, 4) is 11.3 Å². The maximum Gasteiger partial charge on any atom is 0.350 e. The number of nitrogens with zero attached hydrogens (tertiary/aromatic N) is 1. The molecule has 0 aliphatic heterocycles. The van der Waals surface area contributed by atoms with Gasteiger partial charge >= 0.3 is 5.97 Å². The predicted molar refractivity (Wildman–Crippen MR) is 76.2 cm³/mol. The largest absolute Gasteiger partial charge is 0.462 e. The number of hydrogen-bond donors (Lipinski definition) is 0. The maximum atomic E-state index is 11.8. The number of hydrogen-bond acceptors (Lipinski definition) is 4. The lowest BCUT2D eigenvalue weighted by atomic mass is 10.1. The minimum Gasteiger partial charge on any atom is -0.462 e. The molecular formula is C12H9BrClNO2S. The van der Waals surface area contributed by atoms with Crippen LogP contribution in [0.15, 0.2) is 28.2 Å². The lowest BCUT2D eigenvalue weighted by molar-refractivity contribution is 0.0532. The molecule has 0 radical (unpaired) electrons. The van der Waals surface area contributed by atoms with Crippen LogP contribution in [0.5, 0.6) is 0 Å². The summed E-state index contributed by atoms with van der Waals surface area (Å²) in [6, 6.07) is 7.22. The molecule has 0 saturated heterocycles. The highest BCUT2D eigenvalue weighted by molar-refractivity contribution is 9.11. The highest BCUT2D eigenvalue weighted by Crippen LogP contribution is 2.32. The molecule has 0 saturated carbocycles. The van der Waals surface area contributed by atoms with Crippen molar-refractivity contribution in [2.75, 3.05) is 6.61 Å². The minimum absolute atomic E-state index is 0.337. The Labute approximate surface area is 122 Å². The third-order valence-electron chi connectivity index (χ3n) is 2.16. The number of aromatic nitrogens is 1. The Kier molecular flexibility index (Phi) is 4.37. The predicted octanol–water partition coefficient (Wildman–Crippen LogP) is 4.40. The van der Waals surface area contributed by atoms with E-state index >= 15 is 0 Å². The highest BCUT2D eigenvalue weighted by Gasteiger charge is 2.19. The van der Waals surface area contributed by atoms with Gasteiger partial charge in [-0.05, 0) is 35.0 Å². The molecule has 6 heteroatoms. The molecule has 2 rings (SSSR count). The molecule has 0 amide bonds. The van der Waals surface area contributed by atoms with E-state index in [0.717, 1.165) is 5.56 Å². The fraction of sp³-hybridized carbons (Fsp3) is 0.167. The third-order valence-corrected chi connectivity index (χ3v) is 3.88. The number of carbonyl (C=O) groups is 1. The fourth-order valence-electron chi connectivity index (χ4n) is 1.46. The summed E-state index contributed by atoms with van der Waals surface area (Å²) in [5.74, 6) is -0.365. The monoisotopic (exact) mass is 345 g/mol. The van der Waals surface area contributed by atoms with Gasteiger partial charge in [-0.15, -0.1) is 0 Å². The topological polar surface area (TPSA) is 39.2 Å². The number of benzene rings is 1. The van der Waals surface area contributed by atoms with Crippen LogP contribution < -0.4 is 0 Å². The van der Waals surface area contributed by atoms with Gasteiger partial charge in [0.25, 0.3) is 0 Å². The van der Waals surface area contributed by atoms with E-state index in [1.165, 1.54) is 11.3 Å². The van der Waals surface area contributed by atoms with E-state index in [1.54, 1.807) is 19.1 Å². The number of esters is 1. The summed E-state index contributed by atoms with van der Waals surface area (Å²) in [5.41, 5.74) is 1.39. The quantitative estimate of drug-likeness (QED) is 0.773. The van der Waals surface area contributed by atoms with Crippen molar-refractivity contribution in [2.45, 2.75) is 6.92 Å². The second-order valence-corrected chi connectivity index (χ2v) is 6.09. The first-order valence-electron chi connectivity index (χ1n) is 5.21. The molecule has 0 fully saturated rings. The van der Waals surface area contributed by atoms with Crippen LogP contribution in [0.4, 0.5) is 0 Å². The second-order valence-electron chi connectivity index (χ2n) is 3.38. The van der Waals surface area contributed by atoms with Gasteiger partial charge in [0.05, 0.1) is 12.3 Å². The molecule has 0 aliphatic carbocycles. The number of ether oxygens (including phenoxy) is 1. The van der Waals surface area contributed by atoms with E-state index in [4.69, 9.17) is 16.3 Å². The summed E-state index contributed by atoms with van der Waals surface area (Å²) in [6.45, 7) is 2.11. The molecule has 0 aliphatic rings. The van der Waals surface area contributed by atoms with Gasteiger partial charge in [0.2, 0.25) is 0 Å². The van der Waals surface area contributed by atoms with Crippen molar-refractivity contribution in [3.05, 3.63) is 38.1 Å². The van der Waals surface area contributed by atoms with Gasteiger partial charge in [0.1, 0.15) is 4.88 Å². The molecule has 0 N–H and O–H groups in total. The zero-order valence-electron chi connectivity index (χ0n) is 9.44. The Hall–Kier alpha value is -0.910. The Morgan fingerprint density at radius 1 is 1.56 bits per heavy atom. The molecule has 0 atom stereocenters. The Balaban J connectivity index is 2.47. The molecule has 0 spiro atoms. The molecule has 1 aromatic heterocycles. The maximum absolute atomic E-state index is 11.8. The molecule has 2 aromatic rings.